The molecule has 0 amide bonds. The fourth-order valence-electron chi connectivity index (χ4n) is 0.782. The van der Waals surface area contributed by atoms with Crippen molar-refractivity contribution in [1.82, 2.24) is 0 Å². The summed E-state index contributed by atoms with van der Waals surface area (Å²) in [4.78, 5) is 0. The predicted octanol–water partition coefficient (Wildman–Crippen LogP) is 2.48. The van der Waals surface area contributed by atoms with Gasteiger partial charge in [-0.3, -0.25) is 0 Å². The molecule has 0 aliphatic carbocycles. The van der Waals surface area contributed by atoms with E-state index < -0.39 is 0 Å². The number of rotatable bonds is 2. The van der Waals surface area contributed by atoms with E-state index in [1.54, 1.807) is 0 Å². The van der Waals surface area contributed by atoms with Gasteiger partial charge in [-0.25, -0.2) is 0 Å². The van der Waals surface area contributed by atoms with E-state index in [0.717, 1.165) is 6.42 Å². The lowest BCUT2D eigenvalue weighted by Gasteiger charge is -1.94. The second kappa shape index (κ2) is 3.71. The third-order valence-corrected chi connectivity index (χ3v) is 1.90. The van der Waals surface area contributed by atoms with Crippen LogP contribution in [0.25, 0.3) is 0 Å². The van der Waals surface area contributed by atoms with Gasteiger partial charge in [0.1, 0.15) is 0 Å². The maximum absolute atomic E-state index is 6.88. The molecule has 0 unspecified atom stereocenters. The first-order valence-corrected chi connectivity index (χ1v) is 4.14. The van der Waals surface area contributed by atoms with Crippen LogP contribution in [0.1, 0.15) is 5.56 Å². The Morgan fingerprint density at radius 1 is 1.50 bits per heavy atom. The lowest BCUT2D eigenvalue weighted by Crippen LogP contribution is -1.84. The molecule has 0 saturated carbocycles. The molecule has 0 aromatic heterocycles. The molecule has 1 aromatic carbocycles. The van der Waals surface area contributed by atoms with Crippen molar-refractivity contribution in [1.29, 1.82) is 5.41 Å². The Morgan fingerprint density at radius 2 is 2.30 bits per heavy atom. The zero-order valence-corrected chi connectivity index (χ0v) is 7.63. The van der Waals surface area contributed by atoms with Crippen molar-refractivity contribution < 1.29 is 0 Å². The van der Waals surface area contributed by atoms with E-state index in [1.165, 1.54) is 15.3 Å². The van der Waals surface area contributed by atoms with Crippen LogP contribution in [0.5, 0.6) is 0 Å². The highest BCUT2D eigenvalue weighted by Gasteiger charge is 1.89. The second-order valence-electron chi connectivity index (χ2n) is 2.04. The number of hydrogen-bond donors (Lipinski definition) is 1. The molecule has 10 heavy (non-hydrogen) atoms. The second-order valence-corrected chi connectivity index (χ2v) is 3.28. The van der Waals surface area contributed by atoms with Crippen molar-refractivity contribution in [2.45, 2.75) is 6.42 Å². The largest absolute Gasteiger partial charge is 0.313 e. The number of hydrogen-bond acceptors (Lipinski definition) is 1. The average Bonchev–Trinajstić information content (AvgIpc) is 1.88. The molecule has 0 atom stereocenters. The molecule has 0 heterocycles. The van der Waals surface area contributed by atoms with Crippen LogP contribution < -0.4 is 0 Å². The van der Waals surface area contributed by atoms with E-state index in [9.17, 15) is 0 Å². The summed E-state index contributed by atoms with van der Waals surface area (Å²) in [6.07, 6.45) is 2.17. The molecule has 52 valence electrons. The minimum absolute atomic E-state index is 0.747. The van der Waals surface area contributed by atoms with Gasteiger partial charge in [-0.15, -0.1) is 0 Å². The van der Waals surface area contributed by atoms with Gasteiger partial charge in [0.05, 0.1) is 0 Å². The standard InChI is InChI=1S/C8H8IN/c9-8-3-1-2-7(6-8)4-5-10/h1-3,5-6,10H,4H2. The molecule has 0 bridgehead atoms. The summed E-state index contributed by atoms with van der Waals surface area (Å²) in [6, 6.07) is 8.19. The van der Waals surface area contributed by atoms with E-state index in [1.807, 2.05) is 18.2 Å². The molecule has 0 fully saturated rings. The zero-order chi connectivity index (χ0) is 7.40. The molecule has 1 nitrogen and oxygen atoms in total. The Kier molecular flexibility index (Phi) is 2.86. The number of benzene rings is 1. The third-order valence-electron chi connectivity index (χ3n) is 1.23. The zero-order valence-electron chi connectivity index (χ0n) is 5.47. The van der Waals surface area contributed by atoms with E-state index in [2.05, 4.69) is 28.7 Å². The summed E-state index contributed by atoms with van der Waals surface area (Å²) in [7, 11) is 0. The average molecular weight is 245 g/mol. The molecule has 0 aliphatic heterocycles. The summed E-state index contributed by atoms with van der Waals surface area (Å²) in [5.74, 6) is 0. The van der Waals surface area contributed by atoms with Crippen molar-refractivity contribution in [3.05, 3.63) is 33.4 Å². The van der Waals surface area contributed by atoms with Crippen LogP contribution in [0.4, 0.5) is 0 Å². The Morgan fingerprint density at radius 3 is 2.90 bits per heavy atom. The number of nitrogens with one attached hydrogen (secondary N) is 1. The molecule has 0 spiro atoms. The van der Waals surface area contributed by atoms with Crippen molar-refractivity contribution in [3.8, 4) is 0 Å². The first-order valence-electron chi connectivity index (χ1n) is 3.06. The van der Waals surface area contributed by atoms with Crippen LogP contribution in [0.15, 0.2) is 24.3 Å². The minimum atomic E-state index is 0.747. The summed E-state index contributed by atoms with van der Waals surface area (Å²) >= 11 is 2.27. The molecular formula is C8H8IN. The lowest BCUT2D eigenvalue weighted by atomic mass is 10.2. The maximum Gasteiger partial charge on any atom is 0.0133 e. The number of halogens is 1. The molecule has 1 rings (SSSR count). The molecule has 0 radical (unpaired) electrons. The smallest absolute Gasteiger partial charge is 0.0133 e. The van der Waals surface area contributed by atoms with Crippen LogP contribution in [0, 0.1) is 8.98 Å². The quantitative estimate of drug-likeness (QED) is 0.611. The van der Waals surface area contributed by atoms with E-state index >= 15 is 0 Å². The maximum atomic E-state index is 6.88. The van der Waals surface area contributed by atoms with Crippen LogP contribution in [0.2, 0.25) is 0 Å². The van der Waals surface area contributed by atoms with Crippen molar-refractivity contribution in [3.63, 3.8) is 0 Å². The molecule has 1 N–H and O–H groups in total. The molecule has 2 heteroatoms. The monoisotopic (exact) mass is 245 g/mol. The van der Waals surface area contributed by atoms with E-state index in [-0.39, 0.29) is 0 Å². The highest BCUT2D eigenvalue weighted by molar-refractivity contribution is 14.1. The Hall–Kier alpha value is -0.380. The first kappa shape index (κ1) is 7.72. The van der Waals surface area contributed by atoms with Crippen LogP contribution >= 0.6 is 22.6 Å². The fraction of sp³-hybridized carbons (Fsp3) is 0.125. The van der Waals surface area contributed by atoms with Gasteiger partial charge < -0.3 is 5.41 Å². The Labute approximate surface area is 74.1 Å². The highest BCUT2D eigenvalue weighted by atomic mass is 127. The minimum Gasteiger partial charge on any atom is -0.313 e. The third kappa shape index (κ3) is 2.10. The van der Waals surface area contributed by atoms with Gasteiger partial charge in [0.2, 0.25) is 0 Å². The SMILES string of the molecule is N=CCc1cccc(I)c1. The predicted molar refractivity (Wildman–Crippen MR) is 51.6 cm³/mol. The van der Waals surface area contributed by atoms with Gasteiger partial charge in [-0.05, 0) is 46.5 Å². The van der Waals surface area contributed by atoms with Gasteiger partial charge in [0.15, 0.2) is 0 Å². The summed E-state index contributed by atoms with van der Waals surface area (Å²) in [5.41, 5.74) is 1.21. The van der Waals surface area contributed by atoms with Gasteiger partial charge >= 0.3 is 0 Å². The Balaban J connectivity index is 2.84. The summed E-state index contributed by atoms with van der Waals surface area (Å²) in [6.45, 7) is 0. The van der Waals surface area contributed by atoms with E-state index in [0.29, 0.717) is 0 Å². The van der Waals surface area contributed by atoms with Crippen LogP contribution in [-0.2, 0) is 6.42 Å². The molecule has 0 aliphatic rings. The van der Waals surface area contributed by atoms with Crippen LogP contribution in [0.3, 0.4) is 0 Å². The van der Waals surface area contributed by atoms with Gasteiger partial charge in [0, 0.05) is 9.99 Å². The van der Waals surface area contributed by atoms with E-state index in [4.69, 9.17) is 5.41 Å². The van der Waals surface area contributed by atoms with Crippen molar-refractivity contribution in [2.24, 2.45) is 0 Å². The molecular weight excluding hydrogens is 237 g/mol. The molecule has 0 saturated heterocycles. The first-order chi connectivity index (χ1) is 4.83. The molecule has 1 aromatic rings. The van der Waals surface area contributed by atoms with Crippen LogP contribution in [-0.4, -0.2) is 6.21 Å². The fourth-order valence-corrected chi connectivity index (χ4v) is 1.39. The topological polar surface area (TPSA) is 23.9 Å². The van der Waals surface area contributed by atoms with Gasteiger partial charge in [-0.1, -0.05) is 12.1 Å². The van der Waals surface area contributed by atoms with Gasteiger partial charge in [0.25, 0.3) is 0 Å². The normalized spacial score (nSPS) is 9.30. The van der Waals surface area contributed by atoms with Crippen molar-refractivity contribution >= 4 is 28.8 Å². The summed E-state index contributed by atoms with van der Waals surface area (Å²) < 4.78 is 1.23. The van der Waals surface area contributed by atoms with Gasteiger partial charge in [-0.2, -0.15) is 0 Å². The van der Waals surface area contributed by atoms with Crippen molar-refractivity contribution in [2.75, 3.05) is 0 Å². The lowest BCUT2D eigenvalue weighted by molar-refractivity contribution is 1.32. The summed E-state index contributed by atoms with van der Waals surface area (Å²) in [5, 5.41) is 6.88. The highest BCUT2D eigenvalue weighted by Crippen LogP contribution is 2.07. The Bertz CT molecular complexity index is 232.